The number of aromatic nitrogens is 2. The number of carboxylic acids is 1. The molecule has 4 rings (SSSR count). The smallest absolute Gasteiger partial charge is 0.412 e. The maximum Gasteiger partial charge on any atom is 0.412 e. The summed E-state index contributed by atoms with van der Waals surface area (Å²) < 4.78 is 35.9. The van der Waals surface area contributed by atoms with Gasteiger partial charge in [-0.05, 0) is 51.1 Å². The van der Waals surface area contributed by atoms with Crippen LogP contribution in [0.5, 0.6) is 0 Å². The summed E-state index contributed by atoms with van der Waals surface area (Å²) >= 11 is 6.21. The number of carboxylic acid groups (broad SMARTS) is 1. The van der Waals surface area contributed by atoms with Crippen LogP contribution in [0.1, 0.15) is 47.1 Å². The van der Waals surface area contributed by atoms with Crippen LogP contribution in [0.2, 0.25) is 5.02 Å². The number of halogens is 3. The molecule has 0 fully saturated rings. The topological polar surface area (TPSA) is 123 Å². The van der Waals surface area contributed by atoms with E-state index in [2.05, 4.69) is 15.7 Å². The van der Waals surface area contributed by atoms with Crippen LogP contribution >= 0.6 is 11.6 Å². The summed E-state index contributed by atoms with van der Waals surface area (Å²) in [4.78, 5) is 37.8. The Bertz CT molecular complexity index is 1650. The number of amides is 2. The number of aryl methyl sites for hydroxylation is 1. The number of nitrogens with zero attached hydrogens (tertiary/aromatic N) is 2. The standard InChI is InChI=1S/C30H27ClF2N4O5/c1-16-25(34-29(41)42-17(2)20-8-5-6-9-21(20)31)26(36-37(16)4)18-12-14-19(15-13-18)27(38)35-30(3,28(39)40)24-22(32)10-7-11-23(24)33/h5-15,17H,1-4H3,(H,34,41)(H,35,38)(H,39,40). The van der Waals surface area contributed by atoms with Gasteiger partial charge < -0.3 is 15.2 Å². The molecule has 3 N–H and O–H groups in total. The third kappa shape index (κ3) is 5.96. The van der Waals surface area contributed by atoms with E-state index in [9.17, 15) is 28.3 Å². The fourth-order valence-corrected chi connectivity index (χ4v) is 4.69. The van der Waals surface area contributed by atoms with Crippen molar-refractivity contribution in [1.29, 1.82) is 0 Å². The minimum atomic E-state index is -2.39. The number of hydrogen-bond donors (Lipinski definition) is 3. The van der Waals surface area contributed by atoms with Crippen LogP contribution in [0, 0.1) is 18.6 Å². The Balaban J connectivity index is 1.55. The van der Waals surface area contributed by atoms with Crippen LogP contribution in [-0.2, 0) is 22.1 Å². The van der Waals surface area contributed by atoms with E-state index in [0.717, 1.165) is 25.1 Å². The molecule has 2 atom stereocenters. The molecule has 2 amide bonds. The Morgan fingerprint density at radius 1 is 1.02 bits per heavy atom. The average Bonchev–Trinajstić information content (AvgIpc) is 3.21. The lowest BCUT2D eigenvalue weighted by atomic mass is 9.90. The van der Waals surface area contributed by atoms with Crippen molar-refractivity contribution in [3.63, 3.8) is 0 Å². The molecular formula is C30H27ClF2N4O5. The molecule has 1 aromatic heterocycles. The average molecular weight is 597 g/mol. The van der Waals surface area contributed by atoms with Gasteiger partial charge in [-0.25, -0.2) is 18.4 Å². The number of anilines is 1. The molecule has 0 radical (unpaired) electrons. The molecule has 1 heterocycles. The predicted octanol–water partition coefficient (Wildman–Crippen LogP) is 6.37. The van der Waals surface area contributed by atoms with Crippen LogP contribution < -0.4 is 10.6 Å². The minimum Gasteiger partial charge on any atom is -0.479 e. The first-order valence-electron chi connectivity index (χ1n) is 12.7. The number of carbonyl (C=O) groups excluding carboxylic acids is 2. The van der Waals surface area contributed by atoms with Gasteiger partial charge in [0.25, 0.3) is 5.91 Å². The van der Waals surface area contributed by atoms with Gasteiger partial charge in [0.1, 0.15) is 23.4 Å². The maximum atomic E-state index is 14.4. The zero-order valence-corrected chi connectivity index (χ0v) is 23.8. The summed E-state index contributed by atoms with van der Waals surface area (Å²) in [6.45, 7) is 4.45. The molecule has 0 saturated carbocycles. The Labute approximate surface area is 245 Å². The first-order valence-corrected chi connectivity index (χ1v) is 13.1. The summed E-state index contributed by atoms with van der Waals surface area (Å²) in [5.74, 6) is -4.74. The van der Waals surface area contributed by atoms with Crippen LogP contribution in [-0.4, -0.2) is 32.9 Å². The number of carbonyl (C=O) groups is 3. The highest BCUT2D eigenvalue weighted by molar-refractivity contribution is 6.31. The molecule has 0 aliphatic carbocycles. The zero-order valence-electron chi connectivity index (χ0n) is 23.0. The van der Waals surface area contributed by atoms with Crippen molar-refractivity contribution in [3.8, 4) is 11.3 Å². The van der Waals surface area contributed by atoms with Crippen LogP contribution in [0.4, 0.5) is 19.3 Å². The highest BCUT2D eigenvalue weighted by Gasteiger charge is 2.41. The van der Waals surface area contributed by atoms with E-state index < -0.39 is 46.8 Å². The lowest BCUT2D eigenvalue weighted by Crippen LogP contribution is -2.50. The Morgan fingerprint density at radius 3 is 2.24 bits per heavy atom. The predicted molar refractivity (Wildman–Crippen MR) is 152 cm³/mol. The summed E-state index contributed by atoms with van der Waals surface area (Å²) in [7, 11) is 1.69. The van der Waals surface area contributed by atoms with Crippen molar-refractivity contribution in [2.24, 2.45) is 7.05 Å². The molecule has 0 spiro atoms. The van der Waals surface area contributed by atoms with E-state index >= 15 is 0 Å². The third-order valence-corrected chi connectivity index (χ3v) is 7.21. The number of aliphatic carboxylic acids is 1. The fraction of sp³-hybridized carbons (Fsp3) is 0.200. The van der Waals surface area contributed by atoms with Crippen molar-refractivity contribution in [3.05, 3.63) is 106 Å². The highest BCUT2D eigenvalue weighted by Crippen LogP contribution is 2.32. The second-order valence-corrected chi connectivity index (χ2v) is 10.1. The monoisotopic (exact) mass is 596 g/mol. The van der Waals surface area contributed by atoms with E-state index in [-0.39, 0.29) is 5.56 Å². The van der Waals surface area contributed by atoms with Crippen molar-refractivity contribution < 1.29 is 33.0 Å². The fourth-order valence-electron chi connectivity index (χ4n) is 4.40. The van der Waals surface area contributed by atoms with Gasteiger partial charge >= 0.3 is 12.1 Å². The van der Waals surface area contributed by atoms with Gasteiger partial charge in [0.2, 0.25) is 0 Å². The highest BCUT2D eigenvalue weighted by atomic mass is 35.5. The number of hydrogen-bond acceptors (Lipinski definition) is 5. The second kappa shape index (κ2) is 12.0. The summed E-state index contributed by atoms with van der Waals surface area (Å²) in [6.07, 6.45) is -1.37. The van der Waals surface area contributed by atoms with Crippen molar-refractivity contribution in [2.45, 2.75) is 32.4 Å². The lowest BCUT2D eigenvalue weighted by Gasteiger charge is -2.27. The molecule has 0 saturated heterocycles. The summed E-state index contributed by atoms with van der Waals surface area (Å²) in [5, 5.41) is 19.7. The van der Waals surface area contributed by atoms with Gasteiger partial charge in [-0.2, -0.15) is 5.10 Å². The third-order valence-electron chi connectivity index (χ3n) is 6.86. The molecular weight excluding hydrogens is 570 g/mol. The van der Waals surface area contributed by atoms with E-state index in [1.807, 2.05) is 0 Å². The van der Waals surface area contributed by atoms with Gasteiger partial charge in [-0.1, -0.05) is 48.0 Å². The maximum absolute atomic E-state index is 14.4. The van der Waals surface area contributed by atoms with E-state index in [4.69, 9.17) is 16.3 Å². The Hall–Kier alpha value is -4.77. The largest absolute Gasteiger partial charge is 0.479 e. The first kappa shape index (κ1) is 30.2. The van der Waals surface area contributed by atoms with Crippen LogP contribution in [0.3, 0.4) is 0 Å². The van der Waals surface area contributed by atoms with E-state index in [1.54, 1.807) is 62.0 Å². The van der Waals surface area contributed by atoms with Crippen molar-refractivity contribution in [1.82, 2.24) is 15.1 Å². The quantitative estimate of drug-likeness (QED) is 0.217. The van der Waals surface area contributed by atoms with Crippen molar-refractivity contribution in [2.75, 3.05) is 5.32 Å². The zero-order chi connectivity index (χ0) is 30.8. The number of benzene rings is 3. The SMILES string of the molecule is Cc1c(NC(=O)OC(C)c2ccccc2Cl)c(-c2ccc(C(=O)NC(C)(C(=O)O)c3c(F)cccc3F)cc2)nn1C. The lowest BCUT2D eigenvalue weighted by molar-refractivity contribution is -0.144. The Kier molecular flexibility index (Phi) is 8.62. The first-order chi connectivity index (χ1) is 19.8. The van der Waals surface area contributed by atoms with Crippen LogP contribution in [0.15, 0.2) is 66.7 Å². The molecule has 218 valence electrons. The van der Waals surface area contributed by atoms with Gasteiger partial charge in [0, 0.05) is 28.8 Å². The molecule has 3 aromatic carbocycles. The van der Waals surface area contributed by atoms with E-state index in [1.165, 1.54) is 12.1 Å². The molecule has 0 aliphatic heterocycles. The molecule has 2 unspecified atom stereocenters. The second-order valence-electron chi connectivity index (χ2n) is 9.68. The number of nitrogens with one attached hydrogen (secondary N) is 2. The summed E-state index contributed by atoms with van der Waals surface area (Å²) in [6, 6.07) is 15.8. The summed E-state index contributed by atoms with van der Waals surface area (Å²) in [5.41, 5.74) is -0.613. The van der Waals surface area contributed by atoms with Crippen LogP contribution in [0.25, 0.3) is 11.3 Å². The number of rotatable bonds is 8. The van der Waals surface area contributed by atoms with Gasteiger partial charge in [0.15, 0.2) is 5.54 Å². The van der Waals surface area contributed by atoms with Gasteiger partial charge in [-0.3, -0.25) is 14.8 Å². The van der Waals surface area contributed by atoms with Crippen molar-refractivity contribution >= 4 is 35.3 Å². The van der Waals surface area contributed by atoms with E-state index in [0.29, 0.717) is 33.2 Å². The normalized spacial score (nSPS) is 13.1. The molecule has 9 nitrogen and oxygen atoms in total. The minimum absolute atomic E-state index is 0.0260. The molecule has 42 heavy (non-hydrogen) atoms. The molecule has 0 aliphatic rings. The molecule has 12 heteroatoms. The molecule has 0 bridgehead atoms. The van der Waals surface area contributed by atoms with Gasteiger partial charge in [0.05, 0.1) is 16.9 Å². The number of ether oxygens (including phenoxy) is 1. The Morgan fingerprint density at radius 2 is 1.64 bits per heavy atom. The van der Waals surface area contributed by atoms with Gasteiger partial charge in [-0.15, -0.1) is 0 Å². The molecule has 4 aromatic rings.